The number of carboxylic acids is 1. The monoisotopic (exact) mass is 402 g/mol. The summed E-state index contributed by atoms with van der Waals surface area (Å²) in [5, 5.41) is 20.0. The Balaban J connectivity index is 1.92. The summed E-state index contributed by atoms with van der Waals surface area (Å²) in [6.45, 7) is 1.70. The van der Waals surface area contributed by atoms with Gasteiger partial charge in [0, 0.05) is 17.3 Å². The lowest BCUT2D eigenvalue weighted by atomic mass is 10.1. The van der Waals surface area contributed by atoms with E-state index in [1.807, 2.05) is 0 Å². The number of sulfonamides is 1. The van der Waals surface area contributed by atoms with Crippen LogP contribution in [0.15, 0.2) is 63.9 Å². The van der Waals surface area contributed by atoms with E-state index in [2.05, 4.69) is 4.72 Å². The van der Waals surface area contributed by atoms with Gasteiger partial charge in [0.2, 0.25) is 5.76 Å². The maximum atomic E-state index is 12.6. The number of carboxylic acid groups (broad SMARTS) is 1. The number of aromatic carboxylic acids is 1. The molecule has 0 aliphatic rings. The zero-order valence-corrected chi connectivity index (χ0v) is 15.3. The van der Waals surface area contributed by atoms with Crippen LogP contribution in [-0.2, 0) is 10.0 Å². The summed E-state index contributed by atoms with van der Waals surface area (Å²) in [6.07, 6.45) is 0. The molecular weight excluding hydrogens is 388 g/mol. The molecule has 2 N–H and O–H groups in total. The number of nitro benzene ring substituents is 1. The molecule has 9 nitrogen and oxygen atoms in total. The Labute approximate surface area is 159 Å². The van der Waals surface area contributed by atoms with E-state index in [-0.39, 0.29) is 11.4 Å². The molecule has 0 saturated heterocycles. The smallest absolute Gasteiger partial charge is 0.371 e. The number of nitrogens with one attached hydrogen (secondary N) is 1. The summed E-state index contributed by atoms with van der Waals surface area (Å²) in [4.78, 5) is 20.8. The van der Waals surface area contributed by atoms with Gasteiger partial charge in [-0.25, -0.2) is 13.2 Å². The van der Waals surface area contributed by atoms with Crippen molar-refractivity contribution in [1.82, 2.24) is 0 Å². The third-order valence-corrected chi connectivity index (χ3v) is 5.34. The number of carbonyl (C=O) groups is 1. The van der Waals surface area contributed by atoms with Crippen molar-refractivity contribution in [3.05, 3.63) is 76.0 Å². The molecule has 10 heteroatoms. The summed E-state index contributed by atoms with van der Waals surface area (Å²) < 4.78 is 32.7. The molecule has 0 aliphatic carbocycles. The highest BCUT2D eigenvalue weighted by Crippen LogP contribution is 2.30. The number of para-hydroxylation sites is 1. The fraction of sp³-hybridized carbons (Fsp3) is 0.0556. The Bertz CT molecular complexity index is 1180. The first-order chi connectivity index (χ1) is 13.2. The van der Waals surface area contributed by atoms with Crippen LogP contribution in [0.5, 0.6) is 0 Å². The molecule has 1 aromatic heterocycles. The van der Waals surface area contributed by atoms with Gasteiger partial charge in [-0.05, 0) is 48.9 Å². The summed E-state index contributed by atoms with van der Waals surface area (Å²) in [7, 11) is -4.18. The maximum Gasteiger partial charge on any atom is 0.371 e. The van der Waals surface area contributed by atoms with Gasteiger partial charge in [-0.1, -0.05) is 12.1 Å². The average molecular weight is 402 g/mol. The van der Waals surface area contributed by atoms with Crippen molar-refractivity contribution >= 4 is 27.4 Å². The van der Waals surface area contributed by atoms with Gasteiger partial charge < -0.3 is 9.52 Å². The summed E-state index contributed by atoms with van der Waals surface area (Å²) in [5.74, 6) is -1.09. The number of nitro groups is 1. The van der Waals surface area contributed by atoms with Gasteiger partial charge in [-0.3, -0.25) is 14.8 Å². The van der Waals surface area contributed by atoms with Crippen LogP contribution in [0.1, 0.15) is 16.1 Å². The van der Waals surface area contributed by atoms with E-state index in [0.717, 1.165) is 12.1 Å². The first-order valence-corrected chi connectivity index (χ1v) is 9.38. The highest BCUT2D eigenvalue weighted by atomic mass is 32.2. The van der Waals surface area contributed by atoms with E-state index in [1.165, 1.54) is 36.4 Å². The van der Waals surface area contributed by atoms with Crippen molar-refractivity contribution < 1.29 is 27.7 Å². The van der Waals surface area contributed by atoms with Crippen LogP contribution in [0.25, 0.3) is 11.3 Å². The topological polar surface area (TPSA) is 140 Å². The van der Waals surface area contributed by atoms with E-state index in [9.17, 15) is 23.3 Å². The van der Waals surface area contributed by atoms with Gasteiger partial charge in [-0.15, -0.1) is 0 Å². The molecule has 3 aromatic rings. The van der Waals surface area contributed by atoms with Crippen LogP contribution >= 0.6 is 0 Å². The van der Waals surface area contributed by atoms with Crippen LogP contribution in [0.3, 0.4) is 0 Å². The third kappa shape index (κ3) is 3.71. The van der Waals surface area contributed by atoms with Gasteiger partial charge in [0.1, 0.15) is 5.76 Å². The highest BCUT2D eigenvalue weighted by molar-refractivity contribution is 7.92. The lowest BCUT2D eigenvalue weighted by molar-refractivity contribution is -0.387. The fourth-order valence-electron chi connectivity index (χ4n) is 2.65. The standard InChI is InChI=1S/C18H14N2O7S/c1-11-10-12(6-7-13(11)15-8-9-16(27-15)18(21)22)19-28(25,26)17-5-3-2-4-14(17)20(23)24/h2-10,19H,1H3,(H,21,22). The van der Waals surface area contributed by atoms with E-state index in [0.29, 0.717) is 16.9 Å². The second-order valence-corrected chi connectivity index (χ2v) is 7.48. The Morgan fingerprint density at radius 1 is 1.14 bits per heavy atom. The molecule has 0 saturated carbocycles. The predicted octanol–water partition coefficient (Wildman–Crippen LogP) is 3.66. The Hall–Kier alpha value is -3.66. The van der Waals surface area contributed by atoms with Crippen molar-refractivity contribution in [2.75, 3.05) is 4.72 Å². The van der Waals surface area contributed by atoms with Crippen molar-refractivity contribution in [1.29, 1.82) is 0 Å². The molecule has 0 radical (unpaired) electrons. The van der Waals surface area contributed by atoms with Crippen LogP contribution in [0.4, 0.5) is 11.4 Å². The predicted molar refractivity (Wildman–Crippen MR) is 99.7 cm³/mol. The van der Waals surface area contributed by atoms with Crippen LogP contribution in [0.2, 0.25) is 0 Å². The SMILES string of the molecule is Cc1cc(NS(=O)(=O)c2ccccc2[N+](=O)[O-])ccc1-c1ccc(C(=O)O)o1. The molecule has 28 heavy (non-hydrogen) atoms. The molecule has 2 aromatic carbocycles. The summed E-state index contributed by atoms with van der Waals surface area (Å²) in [6, 6.07) is 12.4. The second-order valence-electron chi connectivity index (χ2n) is 5.83. The normalized spacial score (nSPS) is 11.2. The molecule has 0 unspecified atom stereocenters. The minimum Gasteiger partial charge on any atom is -0.475 e. The largest absolute Gasteiger partial charge is 0.475 e. The molecule has 0 fully saturated rings. The zero-order chi connectivity index (χ0) is 20.5. The van der Waals surface area contributed by atoms with Gasteiger partial charge in [-0.2, -0.15) is 0 Å². The first kappa shape index (κ1) is 19.1. The van der Waals surface area contributed by atoms with Gasteiger partial charge in [0.05, 0.1) is 4.92 Å². The van der Waals surface area contributed by atoms with Gasteiger partial charge in [0.15, 0.2) is 4.90 Å². The molecule has 144 valence electrons. The maximum absolute atomic E-state index is 12.6. The van der Waals surface area contributed by atoms with E-state index >= 15 is 0 Å². The number of rotatable bonds is 6. The number of hydrogen-bond donors (Lipinski definition) is 2. The molecule has 0 atom stereocenters. The van der Waals surface area contributed by atoms with Crippen molar-refractivity contribution in [3.8, 4) is 11.3 Å². The number of furan rings is 1. The van der Waals surface area contributed by atoms with E-state index < -0.39 is 31.5 Å². The minimum atomic E-state index is -4.18. The average Bonchev–Trinajstić information content (AvgIpc) is 3.11. The lowest BCUT2D eigenvalue weighted by Crippen LogP contribution is -2.14. The quantitative estimate of drug-likeness (QED) is 0.473. The molecule has 0 aliphatic heterocycles. The zero-order valence-electron chi connectivity index (χ0n) is 14.4. The first-order valence-electron chi connectivity index (χ1n) is 7.89. The number of benzene rings is 2. The molecule has 0 spiro atoms. The Kier molecular flexibility index (Phi) is 4.89. The summed E-state index contributed by atoms with van der Waals surface area (Å²) in [5.41, 5.74) is 0.875. The van der Waals surface area contributed by atoms with E-state index in [1.54, 1.807) is 13.0 Å². The van der Waals surface area contributed by atoms with Gasteiger partial charge >= 0.3 is 5.97 Å². The second kappa shape index (κ2) is 7.16. The van der Waals surface area contributed by atoms with Crippen LogP contribution in [0, 0.1) is 17.0 Å². The van der Waals surface area contributed by atoms with Crippen LogP contribution in [-0.4, -0.2) is 24.4 Å². The number of hydrogen-bond acceptors (Lipinski definition) is 6. The Morgan fingerprint density at radius 3 is 2.46 bits per heavy atom. The molecule has 0 bridgehead atoms. The van der Waals surface area contributed by atoms with Crippen LogP contribution < -0.4 is 4.72 Å². The van der Waals surface area contributed by atoms with Gasteiger partial charge in [0.25, 0.3) is 15.7 Å². The number of aryl methyl sites for hydroxylation is 1. The third-order valence-electron chi connectivity index (χ3n) is 3.91. The highest BCUT2D eigenvalue weighted by Gasteiger charge is 2.25. The molecule has 0 amide bonds. The van der Waals surface area contributed by atoms with Crippen molar-refractivity contribution in [2.45, 2.75) is 11.8 Å². The number of nitrogens with zero attached hydrogens (tertiary/aromatic N) is 1. The molecular formula is C18H14N2O7S. The minimum absolute atomic E-state index is 0.199. The Morgan fingerprint density at radius 2 is 1.86 bits per heavy atom. The molecule has 3 rings (SSSR count). The van der Waals surface area contributed by atoms with E-state index in [4.69, 9.17) is 9.52 Å². The van der Waals surface area contributed by atoms with Crippen molar-refractivity contribution in [3.63, 3.8) is 0 Å². The lowest BCUT2D eigenvalue weighted by Gasteiger charge is -2.10. The van der Waals surface area contributed by atoms with Crippen molar-refractivity contribution in [2.24, 2.45) is 0 Å². The number of anilines is 1. The summed E-state index contributed by atoms with van der Waals surface area (Å²) >= 11 is 0. The fourth-order valence-corrected chi connectivity index (χ4v) is 3.87. The molecule has 1 heterocycles.